The molecule has 1 saturated heterocycles. The molecule has 2 heterocycles. The van der Waals surface area contributed by atoms with E-state index in [4.69, 9.17) is 9.26 Å². The van der Waals surface area contributed by atoms with Crippen molar-refractivity contribution in [3.63, 3.8) is 0 Å². The van der Waals surface area contributed by atoms with Crippen molar-refractivity contribution in [2.75, 3.05) is 39.3 Å². The molecule has 0 radical (unpaired) electrons. The first-order chi connectivity index (χ1) is 18.1. The van der Waals surface area contributed by atoms with Crippen molar-refractivity contribution in [3.05, 3.63) is 53.1 Å². The molecule has 37 heavy (non-hydrogen) atoms. The van der Waals surface area contributed by atoms with E-state index in [0.29, 0.717) is 34.6 Å². The third-order valence-electron chi connectivity index (χ3n) is 6.68. The number of hydrogen-bond acceptors (Lipinski definition) is 8. The standard InChI is InChI=1S/C27H32N6O2.C2H6/c1-18(2)34-25-9-6-19(16-20(25)17-28)27-31-26(32-35-27)23-5-3-4-22-21(23)7-8-24(22)30-12-15-33-13-10-29-11-14-33;1-2/h3-6,9,16,18,24,29-30H,7-8,10-15H2,1-2H3;1-2H3. The average molecular weight is 503 g/mol. The highest BCUT2D eigenvalue weighted by Crippen LogP contribution is 2.37. The van der Waals surface area contributed by atoms with Gasteiger partial charge in [-0.05, 0) is 56.0 Å². The van der Waals surface area contributed by atoms with E-state index in [2.05, 4.69) is 49.9 Å². The molecule has 1 fully saturated rings. The van der Waals surface area contributed by atoms with Crippen LogP contribution in [0.2, 0.25) is 0 Å². The summed E-state index contributed by atoms with van der Waals surface area (Å²) >= 11 is 0. The molecule has 0 bridgehead atoms. The van der Waals surface area contributed by atoms with E-state index in [9.17, 15) is 5.26 Å². The zero-order chi connectivity index (χ0) is 26.2. The number of hydrogen-bond donors (Lipinski definition) is 2. The molecule has 2 N–H and O–H groups in total. The van der Waals surface area contributed by atoms with E-state index in [1.54, 1.807) is 12.1 Å². The highest BCUT2D eigenvalue weighted by atomic mass is 16.5. The number of ether oxygens (including phenoxy) is 1. The van der Waals surface area contributed by atoms with Gasteiger partial charge in [0.05, 0.1) is 11.7 Å². The summed E-state index contributed by atoms with van der Waals surface area (Å²) < 4.78 is 11.3. The van der Waals surface area contributed by atoms with Crippen molar-refractivity contribution in [3.8, 4) is 34.7 Å². The smallest absolute Gasteiger partial charge is 0.258 e. The van der Waals surface area contributed by atoms with Crippen LogP contribution in [0.5, 0.6) is 5.75 Å². The largest absolute Gasteiger partial charge is 0.490 e. The lowest BCUT2D eigenvalue weighted by Crippen LogP contribution is -2.45. The molecular weight excluding hydrogens is 464 g/mol. The van der Waals surface area contributed by atoms with Gasteiger partial charge in [0.1, 0.15) is 11.8 Å². The summed E-state index contributed by atoms with van der Waals surface area (Å²) in [5.41, 5.74) is 4.79. The Morgan fingerprint density at radius 2 is 2.03 bits per heavy atom. The Balaban J connectivity index is 0.00000156. The fourth-order valence-corrected chi connectivity index (χ4v) is 4.96. The number of benzene rings is 2. The lowest BCUT2D eigenvalue weighted by molar-refractivity contribution is 0.238. The maximum Gasteiger partial charge on any atom is 0.258 e. The Kier molecular flexibility index (Phi) is 9.29. The van der Waals surface area contributed by atoms with Crippen LogP contribution < -0.4 is 15.4 Å². The van der Waals surface area contributed by atoms with Gasteiger partial charge >= 0.3 is 0 Å². The fraction of sp³-hybridized carbons (Fsp3) is 0.483. The summed E-state index contributed by atoms with van der Waals surface area (Å²) in [4.78, 5) is 7.19. The van der Waals surface area contributed by atoms with E-state index < -0.39 is 0 Å². The first-order valence-electron chi connectivity index (χ1n) is 13.5. The van der Waals surface area contributed by atoms with Crippen LogP contribution in [-0.2, 0) is 6.42 Å². The predicted octanol–water partition coefficient (Wildman–Crippen LogP) is 4.57. The zero-order valence-electron chi connectivity index (χ0n) is 22.4. The second kappa shape index (κ2) is 12.8. The molecule has 1 aliphatic carbocycles. The third-order valence-corrected chi connectivity index (χ3v) is 6.68. The number of nitrogens with zero attached hydrogens (tertiary/aromatic N) is 4. The second-order valence-electron chi connectivity index (χ2n) is 9.42. The van der Waals surface area contributed by atoms with Gasteiger partial charge in [0.2, 0.25) is 5.82 Å². The monoisotopic (exact) mass is 502 g/mol. The van der Waals surface area contributed by atoms with Crippen LogP contribution in [0.3, 0.4) is 0 Å². The maximum absolute atomic E-state index is 9.54. The van der Waals surface area contributed by atoms with Crippen LogP contribution >= 0.6 is 0 Å². The molecule has 1 aromatic heterocycles. The lowest BCUT2D eigenvalue weighted by atomic mass is 10.0. The highest BCUT2D eigenvalue weighted by Gasteiger charge is 2.26. The van der Waals surface area contributed by atoms with Crippen molar-refractivity contribution in [2.45, 2.75) is 52.7 Å². The Morgan fingerprint density at radius 1 is 1.22 bits per heavy atom. The van der Waals surface area contributed by atoms with Gasteiger partial charge in [-0.15, -0.1) is 0 Å². The Labute approximate surface area is 220 Å². The maximum atomic E-state index is 9.54. The summed E-state index contributed by atoms with van der Waals surface area (Å²) in [5, 5.41) is 21.0. The molecule has 1 unspecified atom stereocenters. The Hall–Kier alpha value is -3.25. The van der Waals surface area contributed by atoms with E-state index in [1.165, 1.54) is 11.1 Å². The van der Waals surface area contributed by atoms with Gasteiger partial charge in [-0.1, -0.05) is 37.2 Å². The van der Waals surface area contributed by atoms with Crippen LogP contribution in [0.15, 0.2) is 40.9 Å². The lowest BCUT2D eigenvalue weighted by Gasteiger charge is -2.27. The van der Waals surface area contributed by atoms with Crippen LogP contribution in [0.25, 0.3) is 22.8 Å². The minimum Gasteiger partial charge on any atom is -0.490 e. The van der Waals surface area contributed by atoms with Crippen LogP contribution in [-0.4, -0.2) is 60.4 Å². The molecular formula is C29H38N6O2. The molecule has 8 heteroatoms. The minimum absolute atomic E-state index is 0.0106. The molecule has 5 rings (SSSR count). The number of nitriles is 1. The van der Waals surface area contributed by atoms with Crippen LogP contribution in [0.1, 0.15) is 56.8 Å². The second-order valence-corrected chi connectivity index (χ2v) is 9.42. The highest BCUT2D eigenvalue weighted by molar-refractivity contribution is 5.67. The van der Waals surface area contributed by atoms with Gasteiger partial charge < -0.3 is 19.9 Å². The zero-order valence-corrected chi connectivity index (χ0v) is 22.4. The summed E-state index contributed by atoms with van der Waals surface area (Å²) in [7, 11) is 0. The Bertz CT molecular complexity index is 1210. The minimum atomic E-state index is -0.0106. The quantitative estimate of drug-likeness (QED) is 0.462. The van der Waals surface area contributed by atoms with Crippen molar-refractivity contribution in [2.24, 2.45) is 0 Å². The predicted molar refractivity (Wildman–Crippen MR) is 145 cm³/mol. The van der Waals surface area contributed by atoms with E-state index in [0.717, 1.165) is 57.7 Å². The number of rotatable bonds is 8. The van der Waals surface area contributed by atoms with Crippen molar-refractivity contribution < 1.29 is 9.26 Å². The first kappa shape index (κ1) is 26.8. The third kappa shape index (κ3) is 6.37. The molecule has 196 valence electrons. The van der Waals surface area contributed by atoms with Crippen LogP contribution in [0, 0.1) is 11.3 Å². The molecule has 3 aromatic rings. The fourth-order valence-electron chi connectivity index (χ4n) is 4.96. The van der Waals surface area contributed by atoms with Gasteiger partial charge in [-0.25, -0.2) is 0 Å². The Morgan fingerprint density at radius 3 is 2.78 bits per heavy atom. The molecule has 0 amide bonds. The number of nitrogens with one attached hydrogen (secondary N) is 2. The average Bonchev–Trinajstić information content (AvgIpc) is 3.58. The molecule has 2 aromatic carbocycles. The van der Waals surface area contributed by atoms with Gasteiger partial charge in [0.25, 0.3) is 5.89 Å². The summed E-state index contributed by atoms with van der Waals surface area (Å²) in [5.74, 6) is 1.54. The van der Waals surface area contributed by atoms with Crippen molar-refractivity contribution in [1.29, 1.82) is 5.26 Å². The summed E-state index contributed by atoms with van der Waals surface area (Å²) in [6.07, 6.45) is 2.05. The van der Waals surface area contributed by atoms with Gasteiger partial charge in [-0.2, -0.15) is 10.2 Å². The number of fused-ring (bicyclic) bond motifs is 1. The molecule has 0 spiro atoms. The van der Waals surface area contributed by atoms with E-state index in [-0.39, 0.29) is 6.10 Å². The molecule has 0 saturated carbocycles. The first-order valence-corrected chi connectivity index (χ1v) is 13.5. The van der Waals surface area contributed by atoms with Crippen molar-refractivity contribution >= 4 is 0 Å². The summed E-state index contributed by atoms with van der Waals surface area (Å²) in [6, 6.07) is 14.3. The van der Waals surface area contributed by atoms with Crippen molar-refractivity contribution in [1.82, 2.24) is 25.7 Å². The van der Waals surface area contributed by atoms with Crippen LogP contribution in [0.4, 0.5) is 0 Å². The normalized spacial score (nSPS) is 17.1. The number of aromatic nitrogens is 2. The van der Waals surface area contributed by atoms with Gasteiger partial charge in [0, 0.05) is 56.4 Å². The molecule has 1 aliphatic heterocycles. The molecule has 8 nitrogen and oxygen atoms in total. The van der Waals surface area contributed by atoms with E-state index >= 15 is 0 Å². The number of piperazine rings is 1. The van der Waals surface area contributed by atoms with Gasteiger partial charge in [0.15, 0.2) is 0 Å². The van der Waals surface area contributed by atoms with E-state index in [1.807, 2.05) is 33.8 Å². The SMILES string of the molecule is CC.CC(C)Oc1ccc(-c2nc(-c3cccc4c3CCC4NCCN3CCNCC3)no2)cc1C#N. The molecule has 2 aliphatic rings. The molecule has 1 atom stereocenters. The summed E-state index contributed by atoms with van der Waals surface area (Å²) in [6.45, 7) is 14.3. The topological polar surface area (TPSA) is 99.2 Å². The van der Waals surface area contributed by atoms with Gasteiger partial charge in [-0.3, -0.25) is 4.90 Å².